The maximum Gasteiger partial charge on any atom is 0.434 e. The van der Waals surface area contributed by atoms with Gasteiger partial charge in [0.1, 0.15) is 11.6 Å². The molecule has 0 unspecified atom stereocenters. The van der Waals surface area contributed by atoms with Gasteiger partial charge >= 0.3 is 5.76 Å². The van der Waals surface area contributed by atoms with Crippen molar-refractivity contribution in [2.45, 2.75) is 50.6 Å². The number of pyridine rings is 2. The maximum absolute atomic E-state index is 14.6. The Morgan fingerprint density at radius 2 is 1.90 bits per heavy atom. The number of aromatic nitrogens is 4. The lowest BCUT2D eigenvalue weighted by molar-refractivity contribution is 0.0776. The molecular formula is C37H29F3N6O4S. The molecule has 3 aliphatic rings. The number of fused-ring (bicyclic) bond motifs is 5. The number of nitrogens with one attached hydrogen (secondary N) is 2. The molecule has 6 heterocycles. The fraction of sp³-hybridized carbons (Fsp3) is 0.270. The number of benzene rings is 2. The summed E-state index contributed by atoms with van der Waals surface area (Å²) in [4.78, 5) is 38.8. The maximum atomic E-state index is 14.6. The lowest BCUT2D eigenvalue weighted by Crippen LogP contribution is -2.22. The molecule has 1 amide bonds. The van der Waals surface area contributed by atoms with Crippen molar-refractivity contribution < 1.29 is 27.1 Å². The number of amides is 1. The largest absolute Gasteiger partial charge is 0.493 e. The molecule has 14 heteroatoms. The van der Waals surface area contributed by atoms with Crippen LogP contribution in [-0.4, -0.2) is 44.6 Å². The predicted octanol–water partition coefficient (Wildman–Crippen LogP) is 7.30. The Labute approximate surface area is 292 Å². The van der Waals surface area contributed by atoms with Crippen molar-refractivity contribution in [2.24, 2.45) is 0 Å². The summed E-state index contributed by atoms with van der Waals surface area (Å²) in [6.07, 6.45) is 5.31. The number of thiophene rings is 1. The number of nitrogens with zero attached hydrogens (tertiary/aromatic N) is 4. The Bertz CT molecular complexity index is 2440. The highest BCUT2D eigenvalue weighted by Crippen LogP contribution is 2.50. The van der Waals surface area contributed by atoms with E-state index in [0.717, 1.165) is 33.4 Å². The summed E-state index contributed by atoms with van der Waals surface area (Å²) in [6.45, 7) is 0.611. The molecule has 1 aliphatic carbocycles. The van der Waals surface area contributed by atoms with Crippen molar-refractivity contribution >= 4 is 33.1 Å². The Morgan fingerprint density at radius 3 is 2.69 bits per heavy atom. The number of hydrogen-bond donors (Lipinski definition) is 2. The van der Waals surface area contributed by atoms with Gasteiger partial charge in [0.25, 0.3) is 11.8 Å². The summed E-state index contributed by atoms with van der Waals surface area (Å²) in [6, 6.07) is 10.8. The lowest BCUT2D eigenvalue weighted by atomic mass is 9.93. The van der Waals surface area contributed by atoms with Crippen LogP contribution < -0.4 is 15.8 Å². The van der Waals surface area contributed by atoms with Gasteiger partial charge in [0.15, 0.2) is 11.6 Å². The van der Waals surface area contributed by atoms with E-state index < -0.39 is 17.4 Å². The molecular weight excluding hydrogens is 682 g/mol. The fourth-order valence-electron chi connectivity index (χ4n) is 7.85. The van der Waals surface area contributed by atoms with Gasteiger partial charge in [0.2, 0.25) is 5.82 Å². The van der Waals surface area contributed by atoms with Crippen LogP contribution in [0.4, 0.5) is 19.0 Å². The minimum atomic E-state index is -1.000. The summed E-state index contributed by atoms with van der Waals surface area (Å²) in [5, 5.41) is 10.9. The van der Waals surface area contributed by atoms with Crippen molar-refractivity contribution in [1.82, 2.24) is 25.1 Å². The average Bonchev–Trinajstić information content (AvgIpc) is 3.97. The third-order valence-electron chi connectivity index (χ3n) is 10.1. The monoisotopic (exact) mass is 710 g/mol. The van der Waals surface area contributed by atoms with E-state index in [9.17, 15) is 22.8 Å². The molecule has 1 fully saturated rings. The molecule has 0 bridgehead atoms. The molecule has 2 aromatic carbocycles. The normalized spacial score (nSPS) is 17.6. The molecule has 9 rings (SSSR count). The van der Waals surface area contributed by atoms with E-state index in [4.69, 9.17) is 14.1 Å². The summed E-state index contributed by atoms with van der Waals surface area (Å²) in [5.74, 6) is -2.71. The Morgan fingerprint density at radius 1 is 1.06 bits per heavy atom. The number of rotatable bonds is 8. The van der Waals surface area contributed by atoms with Crippen molar-refractivity contribution in [2.75, 3.05) is 19.0 Å². The first-order valence-corrected chi connectivity index (χ1v) is 17.5. The summed E-state index contributed by atoms with van der Waals surface area (Å²) >= 11 is 1.41. The van der Waals surface area contributed by atoms with Gasteiger partial charge in [-0.1, -0.05) is 12.1 Å². The first kappa shape index (κ1) is 31.5. The zero-order chi connectivity index (χ0) is 35.0. The molecule has 51 heavy (non-hydrogen) atoms. The molecule has 2 aliphatic heterocycles. The van der Waals surface area contributed by atoms with Crippen molar-refractivity contribution in [3.05, 3.63) is 110 Å². The molecule has 2 N–H and O–H groups in total. The number of aromatic amines is 1. The van der Waals surface area contributed by atoms with E-state index in [-0.39, 0.29) is 35.4 Å². The molecule has 4 aromatic heterocycles. The van der Waals surface area contributed by atoms with Crippen LogP contribution in [-0.2, 0) is 19.3 Å². The van der Waals surface area contributed by atoms with E-state index in [2.05, 4.69) is 20.5 Å². The summed E-state index contributed by atoms with van der Waals surface area (Å²) in [5.41, 5.74) is 4.88. The zero-order valence-corrected chi connectivity index (χ0v) is 28.0. The van der Waals surface area contributed by atoms with Gasteiger partial charge in [-0.2, -0.15) is 4.39 Å². The van der Waals surface area contributed by atoms with Crippen LogP contribution in [0.2, 0.25) is 0 Å². The van der Waals surface area contributed by atoms with E-state index >= 15 is 0 Å². The lowest BCUT2D eigenvalue weighted by Gasteiger charge is -2.17. The first-order valence-electron chi connectivity index (χ1n) is 16.7. The van der Waals surface area contributed by atoms with Crippen LogP contribution in [0, 0.1) is 17.5 Å². The zero-order valence-electron chi connectivity index (χ0n) is 27.2. The highest BCUT2D eigenvalue weighted by atomic mass is 32.1. The molecule has 0 radical (unpaired) electrons. The van der Waals surface area contributed by atoms with Crippen LogP contribution >= 0.6 is 11.3 Å². The summed E-state index contributed by atoms with van der Waals surface area (Å²) in [7, 11) is 1.33. The number of carbonyl (C=O) groups excluding carboxylic acids is 1. The van der Waals surface area contributed by atoms with Crippen molar-refractivity contribution in [3.63, 3.8) is 0 Å². The topological polar surface area (TPSA) is 126 Å². The second-order valence-corrected chi connectivity index (χ2v) is 14.0. The number of methoxy groups -OCH3 is 1. The van der Waals surface area contributed by atoms with Gasteiger partial charge in [-0.25, -0.2) is 23.7 Å². The van der Waals surface area contributed by atoms with Crippen LogP contribution in [0.1, 0.15) is 69.8 Å². The van der Waals surface area contributed by atoms with Crippen LogP contribution in [0.5, 0.6) is 5.75 Å². The number of carbonyl (C=O) groups is 1. The number of aryl methyl sites for hydroxylation is 2. The molecule has 2 atom stereocenters. The molecule has 6 aromatic rings. The predicted molar refractivity (Wildman–Crippen MR) is 183 cm³/mol. The quantitative estimate of drug-likeness (QED) is 0.169. The van der Waals surface area contributed by atoms with Gasteiger partial charge in [0.05, 0.1) is 46.4 Å². The molecule has 258 valence electrons. The van der Waals surface area contributed by atoms with E-state index in [0.29, 0.717) is 77.3 Å². The van der Waals surface area contributed by atoms with Crippen molar-refractivity contribution in [1.29, 1.82) is 0 Å². The number of halogens is 3. The number of H-pyrrole nitrogens is 1. The summed E-state index contributed by atoms with van der Waals surface area (Å²) < 4.78 is 54.4. The van der Waals surface area contributed by atoms with Gasteiger partial charge < -0.3 is 19.4 Å². The number of ether oxygens (including phenoxy) is 1. The van der Waals surface area contributed by atoms with Crippen LogP contribution in [0.3, 0.4) is 0 Å². The fourth-order valence-corrected chi connectivity index (χ4v) is 9.01. The van der Waals surface area contributed by atoms with Crippen LogP contribution in [0.25, 0.3) is 32.0 Å². The first-order chi connectivity index (χ1) is 24.8. The highest BCUT2D eigenvalue weighted by molar-refractivity contribution is 7.23. The molecule has 0 saturated carbocycles. The minimum Gasteiger partial charge on any atom is -0.493 e. The second kappa shape index (κ2) is 12.1. The Balaban J connectivity index is 1.20. The molecule has 10 nitrogen and oxygen atoms in total. The SMILES string of the molecule is COc1c(F)c(F)cc2c1CC[C@@H]2Nc1nccc2cc(-c3c4c(nc(CCc5ccc(F)cc5)c3-c3n[nH]c(=O)o3)[C@H]3CCCN3C4=O)sc12. The smallest absolute Gasteiger partial charge is 0.434 e. The standard InChI is InChI=1S/C37H29F3N6O4S/c1-49-32-20-9-11-23(21(20)16-22(39)30(32)40)43-34-33-18(12-13-41-34)15-26(51-33)28-27(35-44-45-37(48)50-35)24(10-6-17-4-7-19(38)8-5-17)42-31-25-3-2-14-46(25)36(47)29(28)31/h4-5,7-8,12-13,15-16,23,25H,2-3,6,9-11,14H2,1H3,(H,41,43)(H,45,48)/t23-,25+/m0/s1. The number of hydrogen-bond acceptors (Lipinski definition) is 9. The third kappa shape index (κ3) is 5.10. The van der Waals surface area contributed by atoms with E-state index in [1.807, 2.05) is 17.0 Å². The van der Waals surface area contributed by atoms with Gasteiger partial charge in [-0.05, 0) is 85.4 Å². The van der Waals surface area contributed by atoms with Crippen LogP contribution in [0.15, 0.2) is 57.9 Å². The van der Waals surface area contributed by atoms with Gasteiger partial charge in [-0.15, -0.1) is 16.4 Å². The molecule has 1 saturated heterocycles. The van der Waals surface area contributed by atoms with Gasteiger partial charge in [-0.3, -0.25) is 9.78 Å². The average molecular weight is 711 g/mol. The van der Waals surface area contributed by atoms with Gasteiger partial charge in [0, 0.05) is 28.7 Å². The minimum absolute atomic E-state index is 0.0129. The Hall–Kier alpha value is -5.50. The second-order valence-electron chi connectivity index (χ2n) is 13.0. The van der Waals surface area contributed by atoms with E-state index in [1.165, 1.54) is 36.6 Å². The van der Waals surface area contributed by atoms with E-state index in [1.54, 1.807) is 18.3 Å². The Kier molecular flexibility index (Phi) is 7.45. The molecule has 0 spiro atoms. The van der Waals surface area contributed by atoms with Crippen molar-refractivity contribution in [3.8, 4) is 27.6 Å². The highest BCUT2D eigenvalue weighted by Gasteiger charge is 2.45. The number of anilines is 1. The third-order valence-corrected chi connectivity index (χ3v) is 11.3.